The predicted octanol–water partition coefficient (Wildman–Crippen LogP) is 2.38. The first kappa shape index (κ1) is 8.70. The molecule has 0 atom stereocenters. The molecule has 0 aromatic heterocycles. The zero-order valence-corrected chi connectivity index (χ0v) is 6.44. The molecule has 0 radical (unpaired) electrons. The van der Waals surface area contributed by atoms with E-state index in [0.717, 1.165) is 13.0 Å². The molecule has 0 amide bonds. The van der Waals surface area contributed by atoms with Crippen LogP contribution < -0.4 is 0 Å². The molecule has 1 heteroatoms. The van der Waals surface area contributed by atoms with Crippen molar-refractivity contribution in [3.8, 4) is 0 Å². The molecule has 0 bridgehead atoms. The number of unbranched alkanes of at least 4 members (excludes halogenated alkanes) is 1. The SMILES string of the molecule is C=C(CCCC)COC. The predicted molar refractivity (Wildman–Crippen MR) is 40.5 cm³/mol. The average Bonchev–Trinajstić information content (AvgIpc) is 1.85. The topological polar surface area (TPSA) is 9.23 Å². The largest absolute Gasteiger partial charge is 0.380 e. The fraction of sp³-hybridized carbons (Fsp3) is 0.750. The van der Waals surface area contributed by atoms with Crippen LogP contribution in [0.3, 0.4) is 0 Å². The lowest BCUT2D eigenvalue weighted by Crippen LogP contribution is -1.91. The first-order valence-corrected chi connectivity index (χ1v) is 3.46. The van der Waals surface area contributed by atoms with Crippen molar-refractivity contribution in [3.05, 3.63) is 12.2 Å². The van der Waals surface area contributed by atoms with Crippen LogP contribution in [-0.2, 0) is 4.74 Å². The summed E-state index contributed by atoms with van der Waals surface area (Å²) in [5.74, 6) is 0. The van der Waals surface area contributed by atoms with Crippen molar-refractivity contribution in [1.82, 2.24) is 0 Å². The van der Waals surface area contributed by atoms with Gasteiger partial charge in [0.1, 0.15) is 0 Å². The normalized spacial score (nSPS) is 9.56. The Kier molecular flexibility index (Phi) is 5.64. The van der Waals surface area contributed by atoms with Crippen LogP contribution in [0.15, 0.2) is 12.2 Å². The summed E-state index contributed by atoms with van der Waals surface area (Å²) < 4.78 is 4.90. The third-order valence-electron chi connectivity index (χ3n) is 1.23. The van der Waals surface area contributed by atoms with Crippen molar-refractivity contribution in [2.45, 2.75) is 26.2 Å². The third-order valence-corrected chi connectivity index (χ3v) is 1.23. The second-order valence-electron chi connectivity index (χ2n) is 2.29. The summed E-state index contributed by atoms with van der Waals surface area (Å²) in [6.45, 7) is 6.76. The highest BCUT2D eigenvalue weighted by Gasteiger charge is 1.90. The fourth-order valence-electron chi connectivity index (χ4n) is 0.703. The van der Waals surface area contributed by atoms with E-state index in [2.05, 4.69) is 13.5 Å². The number of ether oxygens (including phenoxy) is 1. The Morgan fingerprint density at radius 1 is 1.56 bits per heavy atom. The van der Waals surface area contributed by atoms with E-state index in [-0.39, 0.29) is 0 Å². The van der Waals surface area contributed by atoms with Crippen LogP contribution in [0.5, 0.6) is 0 Å². The van der Waals surface area contributed by atoms with Gasteiger partial charge in [-0.3, -0.25) is 0 Å². The summed E-state index contributed by atoms with van der Waals surface area (Å²) in [7, 11) is 1.71. The highest BCUT2D eigenvalue weighted by molar-refractivity contribution is 4.93. The Balaban J connectivity index is 3.06. The van der Waals surface area contributed by atoms with Gasteiger partial charge in [0.05, 0.1) is 6.61 Å². The van der Waals surface area contributed by atoms with Gasteiger partial charge in [-0.25, -0.2) is 0 Å². The van der Waals surface area contributed by atoms with E-state index in [9.17, 15) is 0 Å². The number of rotatable bonds is 5. The van der Waals surface area contributed by atoms with Crippen molar-refractivity contribution in [1.29, 1.82) is 0 Å². The van der Waals surface area contributed by atoms with Gasteiger partial charge in [0.25, 0.3) is 0 Å². The summed E-state index contributed by atoms with van der Waals surface area (Å²) in [6.07, 6.45) is 3.59. The molecule has 0 saturated heterocycles. The number of hydrogen-bond acceptors (Lipinski definition) is 1. The molecule has 0 fully saturated rings. The molecule has 0 N–H and O–H groups in total. The quantitative estimate of drug-likeness (QED) is 0.516. The average molecular weight is 128 g/mol. The van der Waals surface area contributed by atoms with Gasteiger partial charge in [0, 0.05) is 7.11 Å². The lowest BCUT2D eigenvalue weighted by molar-refractivity contribution is 0.223. The molecule has 0 aliphatic carbocycles. The molecule has 0 saturated carbocycles. The van der Waals surface area contributed by atoms with Gasteiger partial charge in [-0.05, 0) is 12.8 Å². The molecular formula is C8H16O. The Bertz CT molecular complexity index is 76.6. The zero-order chi connectivity index (χ0) is 7.11. The molecule has 9 heavy (non-hydrogen) atoms. The highest BCUT2D eigenvalue weighted by Crippen LogP contribution is 2.03. The van der Waals surface area contributed by atoms with Crippen LogP contribution in [0.1, 0.15) is 26.2 Å². The smallest absolute Gasteiger partial charge is 0.0670 e. The Morgan fingerprint density at radius 3 is 2.67 bits per heavy atom. The molecule has 0 aliphatic rings. The molecule has 0 heterocycles. The molecule has 0 unspecified atom stereocenters. The van der Waals surface area contributed by atoms with Crippen molar-refractivity contribution < 1.29 is 4.74 Å². The molecule has 0 aliphatic heterocycles. The monoisotopic (exact) mass is 128 g/mol. The maximum absolute atomic E-state index is 4.90. The maximum atomic E-state index is 4.90. The molecular weight excluding hydrogens is 112 g/mol. The van der Waals surface area contributed by atoms with Gasteiger partial charge in [0.2, 0.25) is 0 Å². The molecule has 0 aromatic carbocycles. The summed E-state index contributed by atoms with van der Waals surface area (Å²) in [5.41, 5.74) is 1.21. The Morgan fingerprint density at radius 2 is 2.22 bits per heavy atom. The van der Waals surface area contributed by atoms with Crippen molar-refractivity contribution in [2.75, 3.05) is 13.7 Å². The summed E-state index contributed by atoms with van der Waals surface area (Å²) in [6, 6.07) is 0. The van der Waals surface area contributed by atoms with E-state index < -0.39 is 0 Å². The van der Waals surface area contributed by atoms with E-state index in [4.69, 9.17) is 4.74 Å². The molecule has 54 valence electrons. The molecule has 0 aromatic rings. The van der Waals surface area contributed by atoms with E-state index in [0.29, 0.717) is 0 Å². The van der Waals surface area contributed by atoms with Gasteiger partial charge in [-0.2, -0.15) is 0 Å². The highest BCUT2D eigenvalue weighted by atomic mass is 16.5. The van der Waals surface area contributed by atoms with Crippen molar-refractivity contribution >= 4 is 0 Å². The lowest BCUT2D eigenvalue weighted by Gasteiger charge is -2.00. The molecule has 1 nitrogen and oxygen atoms in total. The second-order valence-corrected chi connectivity index (χ2v) is 2.29. The summed E-state index contributed by atoms with van der Waals surface area (Å²) in [5, 5.41) is 0. The zero-order valence-electron chi connectivity index (χ0n) is 6.44. The fourth-order valence-corrected chi connectivity index (χ4v) is 0.703. The second kappa shape index (κ2) is 5.83. The Hall–Kier alpha value is -0.300. The summed E-state index contributed by atoms with van der Waals surface area (Å²) in [4.78, 5) is 0. The van der Waals surface area contributed by atoms with Crippen LogP contribution in [0.25, 0.3) is 0 Å². The van der Waals surface area contributed by atoms with Crippen LogP contribution in [-0.4, -0.2) is 13.7 Å². The minimum Gasteiger partial charge on any atom is -0.380 e. The van der Waals surface area contributed by atoms with Gasteiger partial charge < -0.3 is 4.74 Å². The minimum atomic E-state index is 0.722. The van der Waals surface area contributed by atoms with Crippen molar-refractivity contribution in [2.24, 2.45) is 0 Å². The van der Waals surface area contributed by atoms with Crippen LogP contribution in [0, 0.1) is 0 Å². The van der Waals surface area contributed by atoms with Gasteiger partial charge >= 0.3 is 0 Å². The van der Waals surface area contributed by atoms with Gasteiger partial charge in [-0.1, -0.05) is 25.5 Å². The number of methoxy groups -OCH3 is 1. The van der Waals surface area contributed by atoms with Gasteiger partial charge in [0.15, 0.2) is 0 Å². The molecule has 0 spiro atoms. The van der Waals surface area contributed by atoms with Crippen LogP contribution in [0.2, 0.25) is 0 Å². The number of hydrogen-bond donors (Lipinski definition) is 0. The van der Waals surface area contributed by atoms with E-state index in [1.807, 2.05) is 0 Å². The molecule has 0 rings (SSSR count). The van der Waals surface area contributed by atoms with Gasteiger partial charge in [-0.15, -0.1) is 0 Å². The first-order valence-electron chi connectivity index (χ1n) is 3.46. The standard InChI is InChI=1S/C8H16O/c1-4-5-6-8(2)7-9-3/h2,4-7H2,1,3H3. The maximum Gasteiger partial charge on any atom is 0.0670 e. The lowest BCUT2D eigenvalue weighted by atomic mass is 10.1. The van der Waals surface area contributed by atoms with Crippen LogP contribution in [0.4, 0.5) is 0 Å². The first-order chi connectivity index (χ1) is 4.31. The van der Waals surface area contributed by atoms with Crippen LogP contribution >= 0.6 is 0 Å². The van der Waals surface area contributed by atoms with E-state index in [1.54, 1.807) is 7.11 Å². The third kappa shape index (κ3) is 5.57. The van der Waals surface area contributed by atoms with E-state index >= 15 is 0 Å². The minimum absolute atomic E-state index is 0.722. The summed E-state index contributed by atoms with van der Waals surface area (Å²) >= 11 is 0. The van der Waals surface area contributed by atoms with Crippen molar-refractivity contribution in [3.63, 3.8) is 0 Å². The van der Waals surface area contributed by atoms with E-state index in [1.165, 1.54) is 18.4 Å². The Labute approximate surface area is 57.7 Å².